The van der Waals surface area contributed by atoms with Crippen LogP contribution in [0.3, 0.4) is 0 Å². The van der Waals surface area contributed by atoms with Crippen molar-refractivity contribution in [1.29, 1.82) is 0 Å². The van der Waals surface area contributed by atoms with Crippen molar-refractivity contribution in [3.05, 3.63) is 45.4 Å². The number of rotatable bonds is 3. The molecule has 0 aliphatic carbocycles. The van der Waals surface area contributed by atoms with Gasteiger partial charge >= 0.3 is 5.69 Å². The fourth-order valence-electron chi connectivity index (χ4n) is 3.72. The number of alkyl halides is 2. The maximum absolute atomic E-state index is 13.5. The number of fused-ring (bicyclic) bond motifs is 1. The van der Waals surface area contributed by atoms with E-state index in [1.165, 1.54) is 15.4 Å². The van der Waals surface area contributed by atoms with E-state index in [1.54, 1.807) is 12.3 Å². The lowest BCUT2D eigenvalue weighted by Crippen LogP contribution is -2.42. The molecular weight excluding hydrogens is 380 g/mol. The maximum Gasteiger partial charge on any atom is 0.346 e. The molecule has 0 aromatic carbocycles. The fourth-order valence-corrected chi connectivity index (χ4v) is 3.91. The summed E-state index contributed by atoms with van der Waals surface area (Å²) < 4.78 is 29.6. The Kier molecular flexibility index (Phi) is 4.49. The summed E-state index contributed by atoms with van der Waals surface area (Å²) in [5.41, 5.74) is 0.288. The van der Waals surface area contributed by atoms with E-state index in [1.807, 2.05) is 0 Å². The maximum atomic E-state index is 13.5. The fraction of sp³-hybridized carbons (Fsp3) is 0.529. The molecular formula is C17H18ClF2N5O2. The van der Waals surface area contributed by atoms with Gasteiger partial charge < -0.3 is 4.90 Å². The van der Waals surface area contributed by atoms with Gasteiger partial charge in [0.25, 0.3) is 5.92 Å². The van der Waals surface area contributed by atoms with Gasteiger partial charge in [-0.15, -0.1) is 0 Å². The topological polar surface area (TPSA) is 73.0 Å². The van der Waals surface area contributed by atoms with E-state index in [9.17, 15) is 18.4 Å². The number of carbonyl (C=O) groups is 1. The molecule has 10 heteroatoms. The van der Waals surface area contributed by atoms with Crippen molar-refractivity contribution in [2.75, 3.05) is 13.1 Å². The summed E-state index contributed by atoms with van der Waals surface area (Å²) in [5, 5.41) is 4.79. The van der Waals surface area contributed by atoms with Crippen LogP contribution in [0.2, 0.25) is 5.02 Å². The predicted molar refractivity (Wildman–Crippen MR) is 93.0 cm³/mol. The number of amides is 1. The van der Waals surface area contributed by atoms with E-state index in [2.05, 4.69) is 10.1 Å². The summed E-state index contributed by atoms with van der Waals surface area (Å²) in [6.07, 6.45) is 4.43. The number of carbonyl (C=O) groups excluding carboxylic acids is 1. The van der Waals surface area contributed by atoms with Crippen LogP contribution in [0, 0.1) is 0 Å². The van der Waals surface area contributed by atoms with Crippen molar-refractivity contribution < 1.29 is 13.6 Å². The number of likely N-dealkylation sites (tertiary alicyclic amines) is 1. The van der Waals surface area contributed by atoms with Crippen molar-refractivity contribution in [3.8, 4) is 0 Å². The first kappa shape index (κ1) is 18.1. The Labute approximate surface area is 158 Å². The third-order valence-electron chi connectivity index (χ3n) is 4.99. The number of hydrogen-bond acceptors (Lipinski definition) is 4. The lowest BCUT2D eigenvalue weighted by atomic mass is 10.0. The quantitative estimate of drug-likeness (QED) is 0.792. The monoisotopic (exact) mass is 397 g/mol. The molecule has 27 heavy (non-hydrogen) atoms. The van der Waals surface area contributed by atoms with Gasteiger partial charge in [0, 0.05) is 31.8 Å². The van der Waals surface area contributed by atoms with Crippen LogP contribution >= 0.6 is 11.6 Å². The van der Waals surface area contributed by atoms with E-state index in [-0.39, 0.29) is 19.5 Å². The summed E-state index contributed by atoms with van der Waals surface area (Å²) in [4.78, 5) is 30.8. The predicted octanol–water partition coefficient (Wildman–Crippen LogP) is 1.89. The second kappa shape index (κ2) is 6.70. The minimum Gasteiger partial charge on any atom is -0.335 e. The lowest BCUT2D eigenvalue weighted by molar-refractivity contribution is -0.135. The van der Waals surface area contributed by atoms with Crippen molar-refractivity contribution in [1.82, 2.24) is 24.2 Å². The Morgan fingerprint density at radius 2 is 2.19 bits per heavy atom. The lowest BCUT2D eigenvalue weighted by Gasteiger charge is -2.27. The van der Waals surface area contributed by atoms with Crippen molar-refractivity contribution in [2.24, 2.45) is 0 Å². The van der Waals surface area contributed by atoms with Crippen molar-refractivity contribution in [2.45, 2.75) is 44.2 Å². The molecule has 7 nitrogen and oxygen atoms in total. The molecule has 0 saturated carbocycles. The van der Waals surface area contributed by atoms with Crippen LogP contribution < -0.4 is 5.69 Å². The highest BCUT2D eigenvalue weighted by molar-refractivity contribution is 6.30. The number of aryl methyl sites for hydroxylation is 1. The van der Waals surface area contributed by atoms with Crippen molar-refractivity contribution >= 4 is 17.5 Å². The summed E-state index contributed by atoms with van der Waals surface area (Å²) in [6.45, 7) is -0.404. The minimum atomic E-state index is -2.86. The number of nitrogens with zero attached hydrogens (tertiary/aromatic N) is 5. The smallest absolute Gasteiger partial charge is 0.335 e. The Morgan fingerprint density at radius 1 is 1.37 bits per heavy atom. The molecule has 4 heterocycles. The van der Waals surface area contributed by atoms with Crippen molar-refractivity contribution in [3.63, 3.8) is 0 Å². The molecule has 0 unspecified atom stereocenters. The summed E-state index contributed by atoms with van der Waals surface area (Å²) in [6, 6.07) is 0.912. The highest BCUT2D eigenvalue weighted by Crippen LogP contribution is 2.31. The third-order valence-corrected chi connectivity index (χ3v) is 5.20. The zero-order valence-corrected chi connectivity index (χ0v) is 15.2. The molecule has 144 valence electrons. The minimum absolute atomic E-state index is 0.00867. The van der Waals surface area contributed by atoms with Crippen LogP contribution in [-0.4, -0.2) is 49.2 Å². The molecule has 0 radical (unpaired) electrons. The number of pyridine rings is 1. The van der Waals surface area contributed by atoms with Crippen LogP contribution in [0.15, 0.2) is 23.3 Å². The zero-order chi connectivity index (χ0) is 19.2. The highest BCUT2D eigenvalue weighted by atomic mass is 35.5. The first-order valence-electron chi connectivity index (χ1n) is 8.78. The first-order valence-corrected chi connectivity index (χ1v) is 9.16. The second-order valence-electron chi connectivity index (χ2n) is 7.01. The largest absolute Gasteiger partial charge is 0.346 e. The molecule has 2 aromatic rings. The number of hydrogen-bond donors (Lipinski definition) is 0. The van der Waals surface area contributed by atoms with Gasteiger partial charge in [0.05, 0.1) is 18.1 Å². The van der Waals surface area contributed by atoms with Crippen LogP contribution in [-0.2, 0) is 17.8 Å². The Morgan fingerprint density at radius 3 is 2.89 bits per heavy atom. The van der Waals surface area contributed by atoms with Gasteiger partial charge in [0.15, 0.2) is 0 Å². The average Bonchev–Trinajstić information content (AvgIpc) is 3.14. The van der Waals surface area contributed by atoms with Gasteiger partial charge in [-0.2, -0.15) is 5.10 Å². The van der Waals surface area contributed by atoms with E-state index in [4.69, 9.17) is 11.6 Å². The van der Waals surface area contributed by atoms with Gasteiger partial charge in [-0.05, 0) is 24.5 Å². The van der Waals surface area contributed by atoms with Crippen LogP contribution in [0.25, 0.3) is 0 Å². The summed E-state index contributed by atoms with van der Waals surface area (Å²) >= 11 is 5.93. The number of aromatic nitrogens is 4. The van der Waals surface area contributed by atoms with Gasteiger partial charge in [-0.25, -0.2) is 18.3 Å². The molecule has 4 rings (SSSR count). The molecule has 1 atom stereocenters. The number of halogens is 3. The molecule has 1 fully saturated rings. The standard InChI is InChI=1S/C17H18ClF2N5O2/c18-12-6-11(7-21-8-12)9-24-16(27)25-13(2-1-3-14(25)22-24)15(26)23-5-4-17(19,20)10-23/h6-8,13H,1-5,9-10H2/t13-/m0/s1. The SMILES string of the molecule is O=C([C@@H]1CCCc2nn(Cc3cncc(Cl)c3)c(=O)n21)N1CCC(F)(F)C1. The molecule has 2 aromatic heterocycles. The highest BCUT2D eigenvalue weighted by Gasteiger charge is 2.43. The van der Waals surface area contributed by atoms with Gasteiger partial charge in [0.1, 0.15) is 11.9 Å². The molecule has 0 spiro atoms. The molecule has 0 bridgehead atoms. The van der Waals surface area contributed by atoms with E-state index >= 15 is 0 Å². The molecule has 0 N–H and O–H groups in total. The zero-order valence-electron chi connectivity index (χ0n) is 14.4. The summed E-state index contributed by atoms with van der Waals surface area (Å²) in [7, 11) is 0. The Balaban J connectivity index is 1.62. The first-order chi connectivity index (χ1) is 12.8. The molecule has 2 aliphatic rings. The van der Waals surface area contributed by atoms with Gasteiger partial charge in [-0.1, -0.05) is 11.6 Å². The molecule has 1 amide bonds. The summed E-state index contributed by atoms with van der Waals surface area (Å²) in [5.74, 6) is -2.79. The van der Waals surface area contributed by atoms with Crippen LogP contribution in [0.4, 0.5) is 8.78 Å². The van der Waals surface area contributed by atoms with E-state index < -0.39 is 30.1 Å². The second-order valence-corrected chi connectivity index (χ2v) is 7.45. The van der Waals surface area contributed by atoms with E-state index in [0.717, 1.165) is 4.90 Å². The molecule has 1 saturated heterocycles. The molecule has 2 aliphatic heterocycles. The van der Waals surface area contributed by atoms with E-state index in [0.29, 0.717) is 35.7 Å². The Bertz CT molecular complexity index is 942. The third kappa shape index (κ3) is 3.47. The van der Waals surface area contributed by atoms with Gasteiger partial charge in [0.2, 0.25) is 5.91 Å². The van der Waals surface area contributed by atoms with Crippen LogP contribution in [0.5, 0.6) is 0 Å². The normalized spacial score (nSPS) is 21.3. The van der Waals surface area contributed by atoms with Gasteiger partial charge in [-0.3, -0.25) is 14.3 Å². The average molecular weight is 398 g/mol. The van der Waals surface area contributed by atoms with Crippen LogP contribution in [0.1, 0.15) is 36.7 Å². The Hall–Kier alpha value is -2.29.